The van der Waals surface area contributed by atoms with Gasteiger partial charge in [0.2, 0.25) is 11.8 Å². The largest absolute Gasteiger partial charge is 0.457 e. The van der Waals surface area contributed by atoms with Crippen molar-refractivity contribution in [2.75, 3.05) is 0 Å². The molecule has 0 aliphatic rings. The fourth-order valence-electron chi connectivity index (χ4n) is 2.35. The summed E-state index contributed by atoms with van der Waals surface area (Å²) in [6.45, 7) is -0.0231. The van der Waals surface area contributed by atoms with Gasteiger partial charge in [-0.3, -0.25) is 4.79 Å². The van der Waals surface area contributed by atoms with Crippen molar-refractivity contribution < 1.29 is 13.9 Å². The number of rotatable bonds is 7. The van der Waals surface area contributed by atoms with Gasteiger partial charge in [0.1, 0.15) is 0 Å². The summed E-state index contributed by atoms with van der Waals surface area (Å²) < 4.78 is 12.3. The van der Waals surface area contributed by atoms with Crippen molar-refractivity contribution in [1.29, 1.82) is 0 Å². The predicted molar refractivity (Wildman–Crippen MR) is 94.9 cm³/mol. The van der Waals surface area contributed by atoms with E-state index in [-0.39, 0.29) is 13.0 Å². The Morgan fingerprint density at radius 3 is 2.85 bits per heavy atom. The molecule has 0 spiro atoms. The molecule has 10 heteroatoms. The minimum atomic E-state index is -0.395. The second-order valence-electron chi connectivity index (χ2n) is 5.52. The van der Waals surface area contributed by atoms with Crippen LogP contribution in [0.15, 0.2) is 51.6 Å². The molecule has 4 aromatic rings. The van der Waals surface area contributed by atoms with E-state index in [0.717, 1.165) is 11.3 Å². The van der Waals surface area contributed by atoms with Gasteiger partial charge in [0.25, 0.3) is 0 Å². The van der Waals surface area contributed by atoms with Crippen molar-refractivity contribution in [3.63, 3.8) is 0 Å². The number of esters is 1. The zero-order valence-electron chi connectivity index (χ0n) is 14.1. The quantitative estimate of drug-likeness (QED) is 0.448. The van der Waals surface area contributed by atoms with Crippen LogP contribution in [0.25, 0.3) is 17.1 Å². The summed E-state index contributed by atoms with van der Waals surface area (Å²) in [5.74, 6) is 0.879. The van der Waals surface area contributed by atoms with Gasteiger partial charge >= 0.3 is 5.97 Å². The van der Waals surface area contributed by atoms with E-state index in [4.69, 9.17) is 9.15 Å². The molecule has 1 aromatic carbocycles. The number of benzene rings is 1. The molecule has 0 atom stereocenters. The third-order valence-corrected chi connectivity index (χ3v) is 4.36. The van der Waals surface area contributed by atoms with E-state index in [2.05, 4.69) is 25.7 Å². The molecule has 0 unspecified atom stereocenters. The number of carbonyl (C=O) groups is 1. The molecule has 27 heavy (non-hydrogen) atoms. The maximum Gasteiger partial charge on any atom is 0.306 e. The Bertz CT molecular complexity index is 1010. The molecule has 0 amide bonds. The number of hydrogen-bond donors (Lipinski definition) is 0. The Morgan fingerprint density at radius 2 is 2.04 bits per heavy atom. The smallest absolute Gasteiger partial charge is 0.306 e. The van der Waals surface area contributed by atoms with Gasteiger partial charge in [-0.2, -0.15) is 16.0 Å². The highest BCUT2D eigenvalue weighted by Gasteiger charge is 2.14. The number of hydrogen-bond acceptors (Lipinski definition) is 9. The molecule has 3 heterocycles. The number of aromatic nitrogens is 6. The molecular weight excluding hydrogens is 368 g/mol. The maximum atomic E-state index is 12.0. The maximum absolute atomic E-state index is 12.0. The Hall–Kier alpha value is -3.40. The van der Waals surface area contributed by atoms with Crippen LogP contribution in [0.5, 0.6) is 0 Å². The first-order valence-electron chi connectivity index (χ1n) is 8.13. The van der Waals surface area contributed by atoms with Gasteiger partial charge in [-0.1, -0.05) is 18.2 Å². The zero-order valence-corrected chi connectivity index (χ0v) is 14.9. The second kappa shape index (κ2) is 7.87. The number of carbonyl (C=O) groups excluding carboxylic acids is 1. The molecule has 0 bridgehead atoms. The van der Waals surface area contributed by atoms with Crippen molar-refractivity contribution in [3.8, 4) is 17.1 Å². The number of thiophene rings is 1. The Labute approximate surface area is 157 Å². The first-order chi connectivity index (χ1) is 13.3. The van der Waals surface area contributed by atoms with Crippen molar-refractivity contribution in [2.24, 2.45) is 0 Å². The average molecular weight is 382 g/mol. The summed E-state index contributed by atoms with van der Waals surface area (Å²) in [6.07, 6.45) is 0.428. The van der Waals surface area contributed by atoms with Gasteiger partial charge < -0.3 is 9.15 Å². The number of aryl methyl sites for hydroxylation is 1. The molecule has 3 aromatic heterocycles. The number of para-hydroxylation sites is 1. The van der Waals surface area contributed by atoms with Crippen molar-refractivity contribution in [2.45, 2.75) is 19.4 Å². The van der Waals surface area contributed by atoms with Gasteiger partial charge in [0.15, 0.2) is 12.4 Å². The van der Waals surface area contributed by atoms with E-state index < -0.39 is 5.97 Å². The molecule has 4 rings (SSSR count). The highest BCUT2D eigenvalue weighted by atomic mass is 32.1. The van der Waals surface area contributed by atoms with Crippen LogP contribution in [-0.4, -0.2) is 36.4 Å². The van der Waals surface area contributed by atoms with Crippen LogP contribution in [0.3, 0.4) is 0 Å². The monoisotopic (exact) mass is 382 g/mol. The number of tetrazole rings is 1. The normalized spacial score (nSPS) is 10.8. The van der Waals surface area contributed by atoms with E-state index in [1.54, 1.807) is 11.3 Å². The summed E-state index contributed by atoms with van der Waals surface area (Å²) in [7, 11) is 0. The topological polar surface area (TPSA) is 109 Å². The van der Waals surface area contributed by atoms with Gasteiger partial charge in [-0.25, -0.2) is 0 Å². The molecule has 136 valence electrons. The van der Waals surface area contributed by atoms with Crippen LogP contribution in [0.2, 0.25) is 0 Å². The lowest BCUT2D eigenvalue weighted by atomic mass is 10.3. The standard InChI is InChI=1S/C17H14N6O3S/c24-16(7-6-15-19-20-17(26-15)12-8-9-27-11-12)25-10-14-18-21-22-23(14)13-4-2-1-3-5-13/h1-5,8-9,11H,6-7,10H2. The zero-order chi connectivity index (χ0) is 18.5. The Morgan fingerprint density at radius 1 is 1.15 bits per heavy atom. The number of ether oxygens (including phenoxy) is 1. The molecule has 0 aliphatic carbocycles. The molecule has 0 saturated heterocycles. The lowest BCUT2D eigenvalue weighted by Crippen LogP contribution is -2.10. The third kappa shape index (κ3) is 4.06. The first kappa shape index (κ1) is 17.0. The molecule has 9 nitrogen and oxygen atoms in total. The Balaban J connectivity index is 1.30. The highest BCUT2D eigenvalue weighted by Crippen LogP contribution is 2.20. The van der Waals surface area contributed by atoms with E-state index in [9.17, 15) is 4.79 Å². The molecular formula is C17H14N6O3S. The van der Waals surface area contributed by atoms with Crippen LogP contribution >= 0.6 is 11.3 Å². The van der Waals surface area contributed by atoms with Crippen molar-refractivity contribution in [3.05, 3.63) is 58.9 Å². The van der Waals surface area contributed by atoms with Gasteiger partial charge in [-0.15, -0.1) is 15.3 Å². The van der Waals surface area contributed by atoms with Crippen molar-refractivity contribution >= 4 is 17.3 Å². The van der Waals surface area contributed by atoms with Crippen molar-refractivity contribution in [1.82, 2.24) is 30.4 Å². The van der Waals surface area contributed by atoms with Crippen LogP contribution in [0.4, 0.5) is 0 Å². The second-order valence-corrected chi connectivity index (χ2v) is 6.30. The summed E-state index contributed by atoms with van der Waals surface area (Å²) in [6, 6.07) is 11.3. The van der Waals surface area contributed by atoms with E-state index in [0.29, 0.717) is 24.0 Å². The van der Waals surface area contributed by atoms with E-state index >= 15 is 0 Å². The predicted octanol–water partition coefficient (Wildman–Crippen LogP) is 2.45. The molecule has 0 N–H and O–H groups in total. The fraction of sp³-hybridized carbons (Fsp3) is 0.176. The van der Waals surface area contributed by atoms with E-state index in [1.807, 2.05) is 47.2 Å². The summed E-state index contributed by atoms with van der Waals surface area (Å²) >= 11 is 1.55. The minimum absolute atomic E-state index is 0.0231. The average Bonchev–Trinajstić information content (AvgIpc) is 3.46. The van der Waals surface area contributed by atoms with Gasteiger partial charge in [0, 0.05) is 17.4 Å². The molecule has 0 aliphatic heterocycles. The minimum Gasteiger partial charge on any atom is -0.457 e. The molecule has 0 saturated carbocycles. The van der Waals surface area contributed by atoms with E-state index in [1.165, 1.54) is 4.68 Å². The SMILES string of the molecule is O=C(CCc1nnc(-c2ccsc2)o1)OCc1nnnn1-c1ccccc1. The van der Waals surface area contributed by atoms with Crippen LogP contribution in [0.1, 0.15) is 18.1 Å². The summed E-state index contributed by atoms with van der Waals surface area (Å²) in [5.41, 5.74) is 1.66. The van der Waals surface area contributed by atoms with Gasteiger partial charge in [-0.05, 0) is 34.0 Å². The Kier molecular flexibility index (Phi) is 4.97. The highest BCUT2D eigenvalue weighted by molar-refractivity contribution is 7.08. The summed E-state index contributed by atoms with van der Waals surface area (Å²) in [5, 5.41) is 23.2. The van der Waals surface area contributed by atoms with Crippen LogP contribution < -0.4 is 0 Å². The lowest BCUT2D eigenvalue weighted by molar-refractivity contribution is -0.145. The molecule has 0 radical (unpaired) electrons. The lowest BCUT2D eigenvalue weighted by Gasteiger charge is -2.05. The first-order valence-corrected chi connectivity index (χ1v) is 9.07. The third-order valence-electron chi connectivity index (χ3n) is 3.68. The summed E-state index contributed by atoms with van der Waals surface area (Å²) in [4.78, 5) is 12.0. The van der Waals surface area contributed by atoms with Crippen LogP contribution in [-0.2, 0) is 22.6 Å². The number of nitrogens with zero attached hydrogens (tertiary/aromatic N) is 6. The fourth-order valence-corrected chi connectivity index (χ4v) is 2.98. The van der Waals surface area contributed by atoms with Crippen LogP contribution in [0, 0.1) is 0 Å². The van der Waals surface area contributed by atoms with Gasteiger partial charge in [0.05, 0.1) is 12.1 Å². The molecule has 0 fully saturated rings.